The zero-order valence-electron chi connectivity index (χ0n) is 38.2. The Morgan fingerprint density at radius 1 is 0.333 bits per heavy atom. The normalized spacial score (nSPS) is 11.6. The van der Waals surface area contributed by atoms with Crippen molar-refractivity contribution in [2.24, 2.45) is 0 Å². The molecule has 0 spiro atoms. The Labute approximate surface area is 447 Å². The molecule has 2 aliphatic rings. The van der Waals surface area contributed by atoms with E-state index in [1.54, 1.807) is 48.5 Å². The third-order valence-electron chi connectivity index (χ3n) is 11.6. The number of benzene rings is 4. The second-order valence-electron chi connectivity index (χ2n) is 16.1. The number of hydrogen-bond donors (Lipinski definition) is 2. The van der Waals surface area contributed by atoms with Gasteiger partial charge in [0.1, 0.15) is 26.4 Å². The molecule has 0 saturated carbocycles. The van der Waals surface area contributed by atoms with Gasteiger partial charge in [0.15, 0.2) is 0 Å². The van der Waals surface area contributed by atoms with Crippen molar-refractivity contribution in [1.82, 2.24) is 19.9 Å². The van der Waals surface area contributed by atoms with Crippen molar-refractivity contribution in [2.75, 3.05) is 47.7 Å². The Bertz CT molecular complexity index is 2980. The minimum Gasteiger partial charge on any atom is -0.461 e. The first-order valence-electron chi connectivity index (χ1n) is 22.7. The second kappa shape index (κ2) is 23.2. The average Bonchev–Trinajstić information content (AvgIpc) is 4.28. The molecule has 7 aromatic rings. The molecule has 5 heterocycles. The number of nitrogens with one attached hydrogen (secondary N) is 2. The number of esters is 4. The van der Waals surface area contributed by atoms with Gasteiger partial charge >= 0.3 is 23.9 Å². The third-order valence-corrected chi connectivity index (χ3v) is 12.9. The van der Waals surface area contributed by atoms with Gasteiger partial charge in [-0.1, -0.05) is 112 Å². The molecular formula is C56H42Br4N4O8. The number of aromatic amines is 2. The van der Waals surface area contributed by atoms with Crippen LogP contribution in [0.25, 0.3) is 90.9 Å². The Kier molecular flexibility index (Phi) is 16.2. The van der Waals surface area contributed by atoms with Gasteiger partial charge in [0.05, 0.1) is 45.0 Å². The number of alkyl halides is 4. The maximum atomic E-state index is 12.9. The average molecular weight is 1220 g/mol. The molecule has 0 radical (unpaired) electrons. The number of H-pyrrole nitrogens is 2. The molecule has 2 N–H and O–H groups in total. The van der Waals surface area contributed by atoms with Gasteiger partial charge in [-0.3, -0.25) is 0 Å². The molecule has 0 fully saturated rings. The molecular weight excluding hydrogens is 1180 g/mol. The fourth-order valence-electron chi connectivity index (χ4n) is 8.37. The number of rotatable bonds is 16. The van der Waals surface area contributed by atoms with Crippen LogP contribution in [0.15, 0.2) is 121 Å². The minimum atomic E-state index is -0.432. The number of halogens is 4. The zero-order chi connectivity index (χ0) is 50.1. The Balaban J connectivity index is 1.34. The van der Waals surface area contributed by atoms with Crippen LogP contribution in [0.2, 0.25) is 0 Å². The van der Waals surface area contributed by atoms with E-state index in [2.05, 4.69) is 73.7 Å². The summed E-state index contributed by atoms with van der Waals surface area (Å²) in [4.78, 5) is 69.8. The van der Waals surface area contributed by atoms with Crippen molar-refractivity contribution in [3.63, 3.8) is 0 Å². The lowest BCUT2D eigenvalue weighted by molar-refractivity contribution is 0.0522. The summed E-state index contributed by atoms with van der Waals surface area (Å²) < 4.78 is 21.6. The van der Waals surface area contributed by atoms with E-state index in [9.17, 15) is 19.2 Å². The summed E-state index contributed by atoms with van der Waals surface area (Å²) in [7, 11) is 0. The number of ether oxygens (including phenoxy) is 4. The smallest absolute Gasteiger partial charge is 0.338 e. The zero-order valence-corrected chi connectivity index (χ0v) is 44.5. The molecule has 0 atom stereocenters. The molecule has 2 aliphatic heterocycles. The topological polar surface area (TPSA) is 163 Å². The standard InChI is InChI=1S/C56H42Br4N4O8/c57-25-29-69-53(65)37-9-1-33(2-10-37)49-41-17-19-43(61-41)50(34-3-11-38(12-4-34)54(66)70-30-26-58)45-21-23-47(63-45)52(36-7-15-40(16-8-36)56(68)72-32-28-60)48-24-22-46(64-48)51(44-20-18-42(49)62-44)35-5-13-39(14-6-35)55(67)71-31-27-59/h1-24,61,64H,25-32H2. The van der Waals surface area contributed by atoms with Gasteiger partial charge in [-0.15, -0.1) is 0 Å². The van der Waals surface area contributed by atoms with E-state index in [4.69, 9.17) is 28.9 Å². The summed E-state index contributed by atoms with van der Waals surface area (Å²) in [5, 5.41) is 2.08. The quantitative estimate of drug-likeness (QED) is 0.0541. The van der Waals surface area contributed by atoms with E-state index in [-0.39, 0.29) is 26.4 Å². The fourth-order valence-corrected chi connectivity index (χ4v) is 9.02. The maximum absolute atomic E-state index is 12.9. The van der Waals surface area contributed by atoms with Crippen molar-refractivity contribution in [3.8, 4) is 44.5 Å². The first kappa shape index (κ1) is 50.2. The van der Waals surface area contributed by atoms with Crippen molar-refractivity contribution in [1.29, 1.82) is 0 Å². The summed E-state index contributed by atoms with van der Waals surface area (Å²) in [5.74, 6) is -1.73. The maximum Gasteiger partial charge on any atom is 0.338 e. The van der Waals surface area contributed by atoms with Crippen molar-refractivity contribution < 1.29 is 38.1 Å². The van der Waals surface area contributed by atoms with E-state index >= 15 is 0 Å². The third kappa shape index (κ3) is 11.0. The molecule has 9 rings (SSSR count). The van der Waals surface area contributed by atoms with Crippen LogP contribution in [0.3, 0.4) is 0 Å². The molecule has 4 aromatic carbocycles. The second-order valence-corrected chi connectivity index (χ2v) is 19.3. The first-order chi connectivity index (χ1) is 35.2. The SMILES string of the molecule is O=C(OCCBr)c1ccc(-c2c3nc(c(-c4ccc(C(=O)OCCBr)cc4)c4ccc([nH]4)c(-c4ccc(C(=O)OCCBr)cc4)c4nc(c(-c5ccc(C(=O)OCCBr)cc5)c5ccc2[nH]5)C=C4)C=C3)cc1. The number of fused-ring (bicyclic) bond motifs is 8. The van der Waals surface area contributed by atoms with Crippen LogP contribution in [-0.2, 0) is 18.9 Å². The highest BCUT2D eigenvalue weighted by molar-refractivity contribution is 9.09. The van der Waals surface area contributed by atoms with E-state index in [1.807, 2.05) is 97.1 Å². The number of carbonyl (C=O) groups excluding carboxylic acids is 4. The van der Waals surface area contributed by atoms with Gasteiger partial charge in [-0.05, 0) is 119 Å². The van der Waals surface area contributed by atoms with Crippen LogP contribution in [-0.4, -0.2) is 91.6 Å². The predicted molar refractivity (Wildman–Crippen MR) is 297 cm³/mol. The van der Waals surface area contributed by atoms with Crippen molar-refractivity contribution in [3.05, 3.63) is 166 Å². The van der Waals surface area contributed by atoms with Crippen LogP contribution in [0, 0.1) is 0 Å². The highest BCUT2D eigenvalue weighted by Gasteiger charge is 2.21. The molecule has 362 valence electrons. The van der Waals surface area contributed by atoms with E-state index < -0.39 is 23.9 Å². The Morgan fingerprint density at radius 2 is 0.542 bits per heavy atom. The van der Waals surface area contributed by atoms with Gasteiger partial charge in [-0.2, -0.15) is 0 Å². The van der Waals surface area contributed by atoms with Crippen LogP contribution in [0.1, 0.15) is 64.2 Å². The molecule has 0 unspecified atom stereocenters. The molecule has 72 heavy (non-hydrogen) atoms. The number of aromatic nitrogens is 4. The van der Waals surface area contributed by atoms with Crippen LogP contribution < -0.4 is 0 Å². The van der Waals surface area contributed by atoms with E-state index in [1.165, 1.54) is 0 Å². The van der Waals surface area contributed by atoms with Crippen molar-refractivity contribution in [2.45, 2.75) is 0 Å². The molecule has 0 saturated heterocycles. The lowest BCUT2D eigenvalue weighted by Gasteiger charge is -2.09. The van der Waals surface area contributed by atoms with Gasteiger partial charge in [0.2, 0.25) is 0 Å². The van der Waals surface area contributed by atoms with Crippen LogP contribution in [0.4, 0.5) is 0 Å². The number of carbonyl (C=O) groups is 4. The summed E-state index contributed by atoms with van der Waals surface area (Å²) in [6, 6.07) is 36.9. The Hall–Kier alpha value is -6.72. The predicted octanol–water partition coefficient (Wildman–Crippen LogP) is 13.5. The highest BCUT2D eigenvalue weighted by atomic mass is 79.9. The van der Waals surface area contributed by atoms with E-state index in [0.29, 0.717) is 66.3 Å². The molecule has 0 aliphatic carbocycles. The monoisotopic (exact) mass is 1210 g/mol. The lowest BCUT2D eigenvalue weighted by atomic mass is 10.0. The summed E-state index contributed by atoms with van der Waals surface area (Å²) in [6.07, 6.45) is 7.84. The van der Waals surface area contributed by atoms with Gasteiger partial charge < -0.3 is 28.9 Å². The number of hydrogen-bond acceptors (Lipinski definition) is 10. The molecule has 12 nitrogen and oxygen atoms in total. The van der Waals surface area contributed by atoms with Crippen LogP contribution >= 0.6 is 63.7 Å². The van der Waals surface area contributed by atoms with Crippen LogP contribution in [0.5, 0.6) is 0 Å². The summed E-state index contributed by atoms with van der Waals surface area (Å²) in [5.41, 5.74) is 13.3. The fraction of sp³-hybridized carbons (Fsp3) is 0.143. The minimum absolute atomic E-state index is 0.236. The largest absolute Gasteiger partial charge is 0.461 e. The number of nitrogens with zero attached hydrogens (tertiary/aromatic N) is 2. The summed E-state index contributed by atoms with van der Waals surface area (Å²) in [6.45, 7) is 0.942. The van der Waals surface area contributed by atoms with Gasteiger partial charge in [-0.25, -0.2) is 29.1 Å². The molecule has 16 heteroatoms. The lowest BCUT2D eigenvalue weighted by Crippen LogP contribution is -2.06. The molecule has 3 aromatic heterocycles. The van der Waals surface area contributed by atoms with E-state index in [0.717, 1.165) is 66.6 Å². The molecule has 8 bridgehead atoms. The summed E-state index contributed by atoms with van der Waals surface area (Å²) >= 11 is 13.3. The Morgan fingerprint density at radius 3 is 0.736 bits per heavy atom. The van der Waals surface area contributed by atoms with Gasteiger partial charge in [0, 0.05) is 65.6 Å². The van der Waals surface area contributed by atoms with Gasteiger partial charge in [0.25, 0.3) is 0 Å². The molecule has 0 amide bonds. The van der Waals surface area contributed by atoms with Crippen molar-refractivity contribution >= 4 is 134 Å². The first-order valence-corrected chi connectivity index (χ1v) is 27.2. The highest BCUT2D eigenvalue weighted by Crippen LogP contribution is 2.39.